The van der Waals surface area contributed by atoms with E-state index in [2.05, 4.69) is 10.3 Å². The third-order valence-corrected chi connectivity index (χ3v) is 4.73. The minimum Gasteiger partial charge on any atom is -0.545 e. The lowest BCUT2D eigenvalue weighted by Crippen LogP contribution is -2.29. The summed E-state index contributed by atoms with van der Waals surface area (Å²) in [7, 11) is 0. The number of carbonyl (C=O) groups excluding carboxylic acids is 2. The summed E-state index contributed by atoms with van der Waals surface area (Å²) in [6.07, 6.45) is 0. The van der Waals surface area contributed by atoms with Gasteiger partial charge in [-0.1, -0.05) is 0 Å². The van der Waals surface area contributed by atoms with Crippen LogP contribution in [0.25, 0.3) is 10.2 Å². The summed E-state index contributed by atoms with van der Waals surface area (Å²) < 4.78 is 5.33. The van der Waals surface area contributed by atoms with Gasteiger partial charge in [-0.25, -0.2) is 0 Å². The Kier molecular flexibility index (Phi) is 4.63. The van der Waals surface area contributed by atoms with Crippen LogP contribution in [0.1, 0.15) is 27.0 Å². The van der Waals surface area contributed by atoms with Crippen LogP contribution in [0.3, 0.4) is 0 Å². The number of carboxylic acids is 1. The summed E-state index contributed by atoms with van der Waals surface area (Å²) in [6.45, 7) is 2.41. The van der Waals surface area contributed by atoms with Crippen LogP contribution in [0.5, 0.6) is 5.75 Å². The number of H-pyrrole nitrogens is 1. The summed E-state index contributed by atoms with van der Waals surface area (Å²) in [5.74, 6) is -1.40. The normalized spacial score (nSPS) is 10.7. The number of aromatic nitrogens is 1. The molecule has 2 aromatic heterocycles. The Balaban J connectivity index is 1.92. The zero-order valence-electron chi connectivity index (χ0n) is 13.6. The van der Waals surface area contributed by atoms with Gasteiger partial charge in [-0.3, -0.25) is 9.59 Å². The number of hydrogen-bond acceptors (Lipinski definition) is 7. The van der Waals surface area contributed by atoms with Crippen LogP contribution < -0.4 is 26.5 Å². The van der Waals surface area contributed by atoms with Crippen molar-refractivity contribution in [2.45, 2.75) is 6.92 Å². The maximum atomic E-state index is 12.5. The molecule has 0 saturated heterocycles. The van der Waals surface area contributed by atoms with Crippen molar-refractivity contribution in [1.29, 1.82) is 0 Å². The standard InChI is InChI=1S/C17H15N3O5S/c1-2-25-9-5-3-8(4-6-9)19-15(22)13-12(18)10-7-11(17(23)24)14(21)20-16(10)26-13/h3-7H,2,18H2,1H3,(H,19,22)(H,20,21)(H,23,24)/p-1. The lowest BCUT2D eigenvalue weighted by Gasteiger charge is -2.06. The van der Waals surface area contributed by atoms with E-state index in [9.17, 15) is 19.5 Å². The van der Waals surface area contributed by atoms with Gasteiger partial charge in [-0.15, -0.1) is 11.3 Å². The number of fused-ring (bicyclic) bond motifs is 1. The number of nitrogens with two attached hydrogens (primary N) is 1. The Morgan fingerprint density at radius 2 is 2.00 bits per heavy atom. The number of anilines is 2. The maximum absolute atomic E-state index is 12.5. The summed E-state index contributed by atoms with van der Waals surface area (Å²) >= 11 is 0.966. The second kappa shape index (κ2) is 6.89. The average Bonchev–Trinajstić information content (AvgIpc) is 2.92. The van der Waals surface area contributed by atoms with E-state index in [1.54, 1.807) is 24.3 Å². The van der Waals surface area contributed by atoms with Gasteiger partial charge in [0, 0.05) is 11.1 Å². The first kappa shape index (κ1) is 17.5. The Labute approximate surface area is 151 Å². The van der Waals surface area contributed by atoms with Crippen LogP contribution >= 0.6 is 11.3 Å². The Morgan fingerprint density at radius 3 is 2.62 bits per heavy atom. The molecule has 26 heavy (non-hydrogen) atoms. The molecule has 0 fully saturated rings. The van der Waals surface area contributed by atoms with E-state index in [1.807, 2.05) is 6.92 Å². The van der Waals surface area contributed by atoms with Crippen molar-refractivity contribution in [3.8, 4) is 5.75 Å². The van der Waals surface area contributed by atoms with Crippen molar-refractivity contribution in [2.75, 3.05) is 17.7 Å². The molecule has 0 bridgehead atoms. The van der Waals surface area contributed by atoms with Crippen molar-refractivity contribution in [2.24, 2.45) is 0 Å². The zero-order valence-corrected chi connectivity index (χ0v) is 14.4. The fraction of sp³-hybridized carbons (Fsp3) is 0.118. The molecule has 0 atom stereocenters. The van der Waals surface area contributed by atoms with Crippen molar-refractivity contribution < 1.29 is 19.4 Å². The molecule has 134 valence electrons. The lowest BCUT2D eigenvalue weighted by molar-refractivity contribution is -0.255. The third-order valence-electron chi connectivity index (χ3n) is 3.59. The molecule has 4 N–H and O–H groups in total. The molecule has 0 radical (unpaired) electrons. The van der Waals surface area contributed by atoms with Crippen LogP contribution in [0.15, 0.2) is 35.1 Å². The third kappa shape index (κ3) is 3.24. The number of ether oxygens (including phenoxy) is 1. The van der Waals surface area contributed by atoms with Gasteiger partial charge in [0.2, 0.25) is 0 Å². The SMILES string of the molecule is CCOc1ccc(NC(=O)c2sc3[nH]c(=O)c(C(=O)[O-])cc3c2N)cc1. The van der Waals surface area contributed by atoms with Gasteiger partial charge >= 0.3 is 0 Å². The Hall–Kier alpha value is -3.33. The van der Waals surface area contributed by atoms with Gasteiger partial charge in [0.15, 0.2) is 0 Å². The number of aromatic amines is 1. The largest absolute Gasteiger partial charge is 0.545 e. The van der Waals surface area contributed by atoms with E-state index in [0.29, 0.717) is 22.9 Å². The number of benzene rings is 1. The molecular weight excluding hydrogens is 358 g/mol. The first-order valence-corrected chi connectivity index (χ1v) is 8.43. The van der Waals surface area contributed by atoms with Gasteiger partial charge in [0.1, 0.15) is 15.5 Å². The number of nitrogen functional groups attached to an aromatic ring is 1. The summed E-state index contributed by atoms with van der Waals surface area (Å²) in [4.78, 5) is 38.1. The number of pyridine rings is 1. The van der Waals surface area contributed by atoms with Crippen LogP contribution in [0.2, 0.25) is 0 Å². The predicted octanol–water partition coefficient (Wildman–Crippen LogP) is 1.19. The van der Waals surface area contributed by atoms with Crippen LogP contribution in [0, 0.1) is 0 Å². The second-order valence-electron chi connectivity index (χ2n) is 5.30. The summed E-state index contributed by atoms with van der Waals surface area (Å²) in [5.41, 5.74) is 5.25. The highest BCUT2D eigenvalue weighted by Gasteiger charge is 2.18. The predicted molar refractivity (Wildman–Crippen MR) is 96.8 cm³/mol. The number of carbonyl (C=O) groups is 2. The number of thiophene rings is 1. The molecule has 0 unspecified atom stereocenters. The van der Waals surface area contributed by atoms with Gasteiger partial charge in [-0.2, -0.15) is 0 Å². The Bertz CT molecular complexity index is 1050. The Morgan fingerprint density at radius 1 is 1.31 bits per heavy atom. The first-order chi connectivity index (χ1) is 12.4. The van der Waals surface area contributed by atoms with E-state index in [4.69, 9.17) is 10.5 Å². The van der Waals surface area contributed by atoms with Gasteiger partial charge in [0.05, 0.1) is 23.8 Å². The zero-order chi connectivity index (χ0) is 18.8. The number of aromatic carboxylic acids is 1. The van der Waals surface area contributed by atoms with Gasteiger partial charge in [0.25, 0.3) is 11.5 Å². The molecule has 2 heterocycles. The van der Waals surface area contributed by atoms with E-state index in [0.717, 1.165) is 17.4 Å². The van der Waals surface area contributed by atoms with Crippen molar-refractivity contribution in [3.63, 3.8) is 0 Å². The average molecular weight is 372 g/mol. The quantitative estimate of drug-likeness (QED) is 0.615. The van der Waals surface area contributed by atoms with Crippen LogP contribution in [-0.2, 0) is 0 Å². The fourth-order valence-corrected chi connectivity index (χ4v) is 3.37. The van der Waals surface area contributed by atoms with Gasteiger partial charge < -0.3 is 30.7 Å². The molecule has 0 spiro atoms. The number of nitrogens with one attached hydrogen (secondary N) is 2. The molecule has 0 aliphatic carbocycles. The summed E-state index contributed by atoms with van der Waals surface area (Å²) in [6, 6.07) is 7.92. The number of amides is 1. The van der Waals surface area contributed by atoms with Gasteiger partial charge in [-0.05, 0) is 37.3 Å². The van der Waals surface area contributed by atoms with Crippen LogP contribution in [-0.4, -0.2) is 23.5 Å². The van der Waals surface area contributed by atoms with E-state index < -0.39 is 23.0 Å². The molecule has 0 aliphatic rings. The number of hydrogen-bond donors (Lipinski definition) is 3. The second-order valence-corrected chi connectivity index (χ2v) is 6.32. The van der Waals surface area contributed by atoms with Crippen molar-refractivity contribution >= 4 is 44.8 Å². The number of rotatable bonds is 5. The monoisotopic (exact) mass is 372 g/mol. The molecule has 3 rings (SSSR count). The molecule has 1 aromatic carbocycles. The molecule has 0 aliphatic heterocycles. The highest BCUT2D eigenvalue weighted by molar-refractivity contribution is 7.21. The van der Waals surface area contributed by atoms with Crippen LogP contribution in [0.4, 0.5) is 11.4 Å². The smallest absolute Gasteiger partial charge is 0.267 e. The topological polar surface area (TPSA) is 137 Å². The first-order valence-electron chi connectivity index (χ1n) is 7.61. The van der Waals surface area contributed by atoms with E-state index >= 15 is 0 Å². The molecule has 0 saturated carbocycles. The maximum Gasteiger partial charge on any atom is 0.267 e. The fourth-order valence-electron chi connectivity index (χ4n) is 2.38. The minimum absolute atomic E-state index is 0.0900. The van der Waals surface area contributed by atoms with Crippen molar-refractivity contribution in [1.82, 2.24) is 4.98 Å². The molecule has 9 heteroatoms. The van der Waals surface area contributed by atoms with E-state index in [-0.39, 0.29) is 16.0 Å². The highest BCUT2D eigenvalue weighted by atomic mass is 32.1. The minimum atomic E-state index is -1.61. The molecule has 3 aromatic rings. The highest BCUT2D eigenvalue weighted by Crippen LogP contribution is 2.32. The lowest BCUT2D eigenvalue weighted by atomic mass is 10.2. The molecular formula is C17H14N3O5S-. The summed E-state index contributed by atoms with van der Waals surface area (Å²) in [5, 5.41) is 14.0. The van der Waals surface area contributed by atoms with E-state index in [1.165, 1.54) is 0 Å². The molecule has 8 nitrogen and oxygen atoms in total. The molecule has 1 amide bonds. The number of carboxylic acid groups (broad SMARTS) is 1. The van der Waals surface area contributed by atoms with Crippen molar-refractivity contribution in [3.05, 3.63) is 51.1 Å².